The lowest BCUT2D eigenvalue weighted by molar-refractivity contribution is -0.154. The van der Waals surface area contributed by atoms with Crippen molar-refractivity contribution in [3.63, 3.8) is 0 Å². The van der Waals surface area contributed by atoms with Gasteiger partial charge in [-0.05, 0) is 70.6 Å². The number of esters is 1. The molecule has 11 heteroatoms. The molecule has 0 rings (SSSR count). The minimum Gasteiger partial charge on any atom is -0.480 e. The standard InChI is InChI=1S/C47H86NO9P/c1-3-5-7-9-11-13-15-17-19-21-22-24-26-28-30-32-34-36-38-40-54-41-44(42-55-58(52,53)56-43-45(48)47(50)51)57-46(49)39-37-35-33-31-29-27-25-23-20-18-16-14-12-10-8-6-4-2/h6,8,12,14,18-21,44-45H,3-5,7,9-11,13,15-17,22-43,48H2,1-2H3,(H,50,51)(H,52,53)/b8-6-,14-12-,20-18-,21-19-. The van der Waals surface area contributed by atoms with Crippen molar-refractivity contribution in [1.29, 1.82) is 0 Å². The molecule has 0 heterocycles. The van der Waals surface area contributed by atoms with E-state index in [1.54, 1.807) is 0 Å². The van der Waals surface area contributed by atoms with Gasteiger partial charge in [0, 0.05) is 13.0 Å². The molecule has 3 unspecified atom stereocenters. The minimum atomic E-state index is -4.62. The molecule has 58 heavy (non-hydrogen) atoms. The van der Waals surface area contributed by atoms with Crippen LogP contribution in [0.4, 0.5) is 0 Å². The first-order valence-electron chi connectivity index (χ1n) is 23.2. The third-order valence-corrected chi connectivity index (χ3v) is 10.8. The molecule has 4 N–H and O–H groups in total. The second-order valence-corrected chi connectivity index (χ2v) is 17.0. The molecule has 0 fully saturated rings. The van der Waals surface area contributed by atoms with Crippen molar-refractivity contribution in [2.24, 2.45) is 5.73 Å². The van der Waals surface area contributed by atoms with Gasteiger partial charge in [-0.2, -0.15) is 0 Å². The number of allylic oxidation sites excluding steroid dienone is 8. The highest BCUT2D eigenvalue weighted by atomic mass is 31.2. The second kappa shape index (κ2) is 43.0. The lowest BCUT2D eigenvalue weighted by atomic mass is 10.1. The fraction of sp³-hybridized carbons (Fsp3) is 0.787. The number of phosphoric ester groups is 1. The van der Waals surface area contributed by atoms with Gasteiger partial charge in [-0.15, -0.1) is 0 Å². The fourth-order valence-corrected chi connectivity index (χ4v) is 7.04. The number of hydrogen-bond donors (Lipinski definition) is 3. The van der Waals surface area contributed by atoms with Crippen LogP contribution in [0.5, 0.6) is 0 Å². The van der Waals surface area contributed by atoms with Gasteiger partial charge >= 0.3 is 19.8 Å². The van der Waals surface area contributed by atoms with Crippen molar-refractivity contribution in [2.75, 3.05) is 26.4 Å². The molecule has 0 aliphatic rings. The molecular weight excluding hydrogens is 753 g/mol. The van der Waals surface area contributed by atoms with Crippen LogP contribution in [0.25, 0.3) is 0 Å². The average molecular weight is 840 g/mol. The molecule has 0 saturated heterocycles. The first kappa shape index (κ1) is 55.9. The summed E-state index contributed by atoms with van der Waals surface area (Å²) in [5.41, 5.74) is 5.36. The highest BCUT2D eigenvalue weighted by Gasteiger charge is 2.27. The summed E-state index contributed by atoms with van der Waals surface area (Å²) in [5.74, 6) is -1.79. The lowest BCUT2D eigenvalue weighted by Gasteiger charge is -2.20. The topological polar surface area (TPSA) is 155 Å². The predicted molar refractivity (Wildman–Crippen MR) is 240 cm³/mol. The smallest absolute Gasteiger partial charge is 0.472 e. The summed E-state index contributed by atoms with van der Waals surface area (Å²) in [4.78, 5) is 33.6. The maximum Gasteiger partial charge on any atom is 0.472 e. The molecule has 0 radical (unpaired) electrons. The summed E-state index contributed by atoms with van der Waals surface area (Å²) in [6.07, 6.45) is 50.2. The van der Waals surface area contributed by atoms with Crippen LogP contribution < -0.4 is 5.73 Å². The molecular formula is C47H86NO9P. The Kier molecular flexibility index (Phi) is 41.5. The second-order valence-electron chi connectivity index (χ2n) is 15.5. The molecule has 0 aromatic heterocycles. The van der Waals surface area contributed by atoms with Crippen molar-refractivity contribution in [2.45, 2.75) is 212 Å². The minimum absolute atomic E-state index is 0.0103. The normalized spacial score (nSPS) is 14.3. The van der Waals surface area contributed by atoms with Gasteiger partial charge < -0.3 is 25.2 Å². The van der Waals surface area contributed by atoms with Gasteiger partial charge in [0.15, 0.2) is 0 Å². The van der Waals surface area contributed by atoms with E-state index in [9.17, 15) is 19.0 Å². The first-order chi connectivity index (χ1) is 28.2. The summed E-state index contributed by atoms with van der Waals surface area (Å²) in [5, 5.41) is 8.91. The number of ether oxygens (including phenoxy) is 2. The number of nitrogens with two attached hydrogens (primary N) is 1. The number of hydrogen-bond acceptors (Lipinski definition) is 8. The molecule has 0 aromatic rings. The number of aliphatic carboxylic acids is 1. The number of carbonyl (C=O) groups excluding carboxylic acids is 1. The summed E-state index contributed by atoms with van der Waals surface area (Å²) in [7, 11) is -4.62. The number of carbonyl (C=O) groups is 2. The molecule has 3 atom stereocenters. The van der Waals surface area contributed by atoms with E-state index in [-0.39, 0.29) is 13.0 Å². The Hall–Kier alpha value is -2.07. The van der Waals surface area contributed by atoms with Crippen LogP contribution in [0.15, 0.2) is 48.6 Å². The SMILES string of the molecule is CC/C=C\C/C=C\C/C=C\CCCCCCCCCC(=O)OC(COCCCCCCCCCC/C=C\CCCCCCCCC)COP(=O)(O)OCC(N)C(=O)O. The zero-order chi connectivity index (χ0) is 42.6. The molecule has 0 aromatic carbocycles. The van der Waals surface area contributed by atoms with E-state index < -0.39 is 45.1 Å². The van der Waals surface area contributed by atoms with Crippen molar-refractivity contribution in [1.82, 2.24) is 0 Å². The van der Waals surface area contributed by atoms with E-state index >= 15 is 0 Å². The fourth-order valence-electron chi connectivity index (χ4n) is 6.26. The van der Waals surface area contributed by atoms with Crippen molar-refractivity contribution < 1.29 is 42.7 Å². The van der Waals surface area contributed by atoms with E-state index in [0.29, 0.717) is 13.0 Å². The zero-order valence-electron chi connectivity index (χ0n) is 36.9. The van der Waals surface area contributed by atoms with E-state index in [1.807, 2.05) is 0 Å². The Balaban J connectivity index is 4.21. The average Bonchev–Trinajstić information content (AvgIpc) is 3.20. The zero-order valence-corrected chi connectivity index (χ0v) is 37.8. The molecule has 338 valence electrons. The quantitative estimate of drug-likeness (QED) is 0.0234. The lowest BCUT2D eigenvalue weighted by Crippen LogP contribution is -2.34. The largest absolute Gasteiger partial charge is 0.480 e. The molecule has 0 aliphatic carbocycles. The van der Waals surface area contributed by atoms with E-state index in [4.69, 9.17) is 29.4 Å². The van der Waals surface area contributed by atoms with Crippen LogP contribution >= 0.6 is 7.82 Å². The molecule has 0 amide bonds. The van der Waals surface area contributed by atoms with Gasteiger partial charge in [-0.25, -0.2) is 4.57 Å². The number of carboxylic acids is 1. The van der Waals surface area contributed by atoms with Crippen LogP contribution in [0.3, 0.4) is 0 Å². The van der Waals surface area contributed by atoms with Crippen LogP contribution in [0.1, 0.15) is 200 Å². The Morgan fingerprint density at radius 1 is 0.569 bits per heavy atom. The van der Waals surface area contributed by atoms with Crippen molar-refractivity contribution in [3.05, 3.63) is 48.6 Å². The van der Waals surface area contributed by atoms with Gasteiger partial charge in [0.2, 0.25) is 0 Å². The Morgan fingerprint density at radius 2 is 1.00 bits per heavy atom. The molecule has 0 spiro atoms. The molecule has 0 bridgehead atoms. The highest BCUT2D eigenvalue weighted by Crippen LogP contribution is 2.43. The van der Waals surface area contributed by atoms with Crippen molar-refractivity contribution in [3.8, 4) is 0 Å². The van der Waals surface area contributed by atoms with Crippen LogP contribution in [0.2, 0.25) is 0 Å². The number of rotatable bonds is 44. The number of carboxylic acid groups (broad SMARTS) is 1. The van der Waals surface area contributed by atoms with Gasteiger partial charge in [-0.3, -0.25) is 18.6 Å². The van der Waals surface area contributed by atoms with E-state index in [0.717, 1.165) is 64.2 Å². The van der Waals surface area contributed by atoms with Gasteiger partial charge in [0.05, 0.1) is 19.8 Å². The van der Waals surface area contributed by atoms with Crippen LogP contribution in [0, 0.1) is 0 Å². The highest BCUT2D eigenvalue weighted by molar-refractivity contribution is 7.47. The van der Waals surface area contributed by atoms with Crippen LogP contribution in [-0.2, 0) is 32.7 Å². The van der Waals surface area contributed by atoms with Gasteiger partial charge in [0.25, 0.3) is 0 Å². The Bertz CT molecular complexity index is 1110. The summed E-state index contributed by atoms with van der Waals surface area (Å²) < 4.78 is 33.4. The predicted octanol–water partition coefficient (Wildman–Crippen LogP) is 13.0. The van der Waals surface area contributed by atoms with E-state index in [1.165, 1.54) is 109 Å². The maximum absolute atomic E-state index is 12.7. The maximum atomic E-state index is 12.7. The number of phosphoric acid groups is 1. The monoisotopic (exact) mass is 840 g/mol. The van der Waals surface area contributed by atoms with Gasteiger partial charge in [0.1, 0.15) is 12.1 Å². The van der Waals surface area contributed by atoms with Gasteiger partial charge in [-0.1, -0.05) is 172 Å². The van der Waals surface area contributed by atoms with Crippen LogP contribution in [-0.4, -0.2) is 60.5 Å². The first-order valence-corrected chi connectivity index (χ1v) is 24.7. The number of unbranched alkanes of at least 4 members (excludes halogenated alkanes) is 22. The summed E-state index contributed by atoms with van der Waals surface area (Å²) >= 11 is 0. The van der Waals surface area contributed by atoms with E-state index in [2.05, 4.69) is 62.5 Å². The third kappa shape index (κ3) is 42.1. The third-order valence-electron chi connectivity index (χ3n) is 9.84. The molecule has 0 saturated carbocycles. The molecule has 0 aliphatic heterocycles. The summed E-state index contributed by atoms with van der Waals surface area (Å²) in [6, 6.07) is -1.48. The molecule has 10 nitrogen and oxygen atoms in total. The van der Waals surface area contributed by atoms with Crippen molar-refractivity contribution >= 4 is 19.8 Å². The Morgan fingerprint density at radius 3 is 1.52 bits per heavy atom. The summed E-state index contributed by atoms with van der Waals surface area (Å²) in [6.45, 7) is 3.76. The Labute approximate surface area is 354 Å².